The van der Waals surface area contributed by atoms with Crippen LogP contribution in [0, 0.1) is 12.8 Å². The number of alkyl carbamates (subject to hydrolysis) is 1. The molecule has 0 spiro atoms. The maximum absolute atomic E-state index is 13.9. The Balaban J connectivity index is 1.63. The number of hydrogen-bond acceptors (Lipinski definition) is 3. The minimum absolute atomic E-state index is 0.262. The highest BCUT2D eigenvalue weighted by Gasteiger charge is 2.22. The predicted molar refractivity (Wildman–Crippen MR) is 96.8 cm³/mol. The van der Waals surface area contributed by atoms with Gasteiger partial charge in [-0.05, 0) is 38.6 Å². The summed E-state index contributed by atoms with van der Waals surface area (Å²) in [5, 5.41) is 2.79. The van der Waals surface area contributed by atoms with Crippen molar-refractivity contribution in [3.63, 3.8) is 0 Å². The summed E-state index contributed by atoms with van der Waals surface area (Å²) in [7, 11) is 2.07. The average Bonchev–Trinajstić information content (AvgIpc) is 3.00. The molecule has 1 fully saturated rings. The summed E-state index contributed by atoms with van der Waals surface area (Å²) >= 11 is 0. The first-order chi connectivity index (χ1) is 12.0. The molecule has 0 radical (unpaired) electrons. The van der Waals surface area contributed by atoms with Gasteiger partial charge in [0.2, 0.25) is 0 Å². The number of alkyl halides is 1. The normalized spacial score (nSPS) is 23.8. The Kier molecular flexibility index (Phi) is 5.53. The van der Waals surface area contributed by atoms with Crippen LogP contribution in [0.15, 0.2) is 42.1 Å². The molecule has 2 aliphatic rings. The van der Waals surface area contributed by atoms with E-state index in [1.807, 2.05) is 31.2 Å². The molecule has 2 atom stereocenters. The smallest absolute Gasteiger partial charge is 0.411 e. The minimum atomic E-state index is -1.04. The summed E-state index contributed by atoms with van der Waals surface area (Å²) in [6.07, 6.45) is 3.09. The molecule has 1 aromatic rings. The van der Waals surface area contributed by atoms with Crippen LogP contribution < -0.4 is 5.32 Å². The first-order valence-electron chi connectivity index (χ1n) is 8.77. The van der Waals surface area contributed by atoms with Crippen LogP contribution in [0.5, 0.6) is 0 Å². The molecule has 1 aliphatic carbocycles. The Bertz CT molecular complexity index is 699. The Morgan fingerprint density at radius 2 is 2.28 bits per heavy atom. The van der Waals surface area contributed by atoms with Gasteiger partial charge in [-0.15, -0.1) is 0 Å². The summed E-state index contributed by atoms with van der Waals surface area (Å²) in [4.78, 5) is 14.4. The van der Waals surface area contributed by atoms with Crippen molar-refractivity contribution < 1.29 is 13.9 Å². The SMILES string of the molecule is Cc1cccc(C2=CC(F)CC=C2NC(=O)OCC2CCN(C)C2)c1. The zero-order valence-corrected chi connectivity index (χ0v) is 14.8. The summed E-state index contributed by atoms with van der Waals surface area (Å²) in [5.74, 6) is 0.387. The van der Waals surface area contributed by atoms with Crippen molar-refractivity contribution in [3.05, 3.63) is 53.2 Å². The molecule has 25 heavy (non-hydrogen) atoms. The van der Waals surface area contributed by atoms with E-state index in [1.165, 1.54) is 0 Å². The number of allylic oxidation sites excluding steroid dienone is 3. The topological polar surface area (TPSA) is 41.6 Å². The standard InChI is InChI=1S/C20H25FN2O2/c1-14-4-3-5-16(10-14)18-11-17(21)6-7-19(18)22-20(24)25-13-15-8-9-23(2)12-15/h3-5,7,10-11,15,17H,6,8-9,12-13H2,1-2H3,(H,22,24). The van der Waals surface area contributed by atoms with E-state index in [0.717, 1.165) is 30.6 Å². The number of amides is 1. The molecule has 1 amide bonds. The number of ether oxygens (including phenoxy) is 1. The van der Waals surface area contributed by atoms with E-state index >= 15 is 0 Å². The number of nitrogens with zero attached hydrogens (tertiary/aromatic N) is 1. The van der Waals surface area contributed by atoms with Gasteiger partial charge in [0.15, 0.2) is 0 Å². The third kappa shape index (κ3) is 4.69. The monoisotopic (exact) mass is 344 g/mol. The lowest BCUT2D eigenvalue weighted by atomic mass is 9.94. The highest BCUT2D eigenvalue weighted by Crippen LogP contribution is 2.28. The van der Waals surface area contributed by atoms with E-state index in [1.54, 1.807) is 12.2 Å². The molecule has 1 aliphatic heterocycles. The van der Waals surface area contributed by atoms with Gasteiger partial charge in [-0.1, -0.05) is 35.9 Å². The number of halogens is 1. The Labute approximate surface area is 148 Å². The zero-order chi connectivity index (χ0) is 17.8. The average molecular weight is 344 g/mol. The Morgan fingerprint density at radius 3 is 3.00 bits per heavy atom. The van der Waals surface area contributed by atoms with Crippen LogP contribution >= 0.6 is 0 Å². The molecule has 2 unspecified atom stereocenters. The number of aryl methyl sites for hydroxylation is 1. The van der Waals surface area contributed by atoms with Crippen LogP contribution in [-0.2, 0) is 4.74 Å². The summed E-state index contributed by atoms with van der Waals surface area (Å²) in [6.45, 7) is 4.40. The van der Waals surface area contributed by atoms with E-state index in [-0.39, 0.29) is 6.42 Å². The van der Waals surface area contributed by atoms with E-state index in [2.05, 4.69) is 17.3 Å². The fourth-order valence-electron chi connectivity index (χ4n) is 3.36. The highest BCUT2D eigenvalue weighted by molar-refractivity contribution is 5.85. The third-order valence-corrected chi connectivity index (χ3v) is 4.69. The van der Waals surface area contributed by atoms with Crippen molar-refractivity contribution in [2.75, 3.05) is 26.7 Å². The fraction of sp³-hybridized carbons (Fsp3) is 0.450. The van der Waals surface area contributed by atoms with Crippen LogP contribution in [0.3, 0.4) is 0 Å². The molecule has 4 nitrogen and oxygen atoms in total. The zero-order valence-electron chi connectivity index (χ0n) is 14.8. The van der Waals surface area contributed by atoms with Gasteiger partial charge in [0, 0.05) is 30.2 Å². The molecule has 0 aromatic heterocycles. The van der Waals surface area contributed by atoms with Crippen LogP contribution in [0.2, 0.25) is 0 Å². The molecule has 1 aromatic carbocycles. The van der Waals surface area contributed by atoms with Crippen molar-refractivity contribution in [3.8, 4) is 0 Å². The van der Waals surface area contributed by atoms with Gasteiger partial charge >= 0.3 is 6.09 Å². The maximum Gasteiger partial charge on any atom is 0.411 e. The lowest BCUT2D eigenvalue weighted by Crippen LogP contribution is -2.28. The molecular weight excluding hydrogens is 319 g/mol. The highest BCUT2D eigenvalue weighted by atomic mass is 19.1. The molecule has 1 heterocycles. The van der Waals surface area contributed by atoms with E-state index in [4.69, 9.17) is 4.74 Å². The maximum atomic E-state index is 13.9. The number of nitrogens with one attached hydrogen (secondary N) is 1. The van der Waals surface area contributed by atoms with Gasteiger partial charge in [-0.25, -0.2) is 9.18 Å². The number of carbonyl (C=O) groups excluding carboxylic acids is 1. The number of hydrogen-bond donors (Lipinski definition) is 1. The van der Waals surface area contributed by atoms with E-state index < -0.39 is 12.3 Å². The Hall–Kier alpha value is -2.14. The second-order valence-corrected chi connectivity index (χ2v) is 6.96. The van der Waals surface area contributed by atoms with Crippen LogP contribution in [0.25, 0.3) is 5.57 Å². The molecule has 134 valence electrons. The van der Waals surface area contributed by atoms with Crippen LogP contribution in [0.1, 0.15) is 24.0 Å². The van der Waals surface area contributed by atoms with Gasteiger partial charge in [-0.3, -0.25) is 5.32 Å². The summed E-state index contributed by atoms with van der Waals surface area (Å²) in [6, 6.07) is 7.83. The quantitative estimate of drug-likeness (QED) is 0.906. The van der Waals surface area contributed by atoms with Crippen molar-refractivity contribution in [2.24, 2.45) is 5.92 Å². The van der Waals surface area contributed by atoms with Crippen molar-refractivity contribution in [1.29, 1.82) is 0 Å². The van der Waals surface area contributed by atoms with Crippen molar-refractivity contribution in [1.82, 2.24) is 10.2 Å². The van der Waals surface area contributed by atoms with E-state index in [9.17, 15) is 9.18 Å². The largest absolute Gasteiger partial charge is 0.449 e. The van der Waals surface area contributed by atoms with Crippen LogP contribution in [-0.4, -0.2) is 43.9 Å². The van der Waals surface area contributed by atoms with E-state index in [0.29, 0.717) is 23.8 Å². The van der Waals surface area contributed by atoms with Gasteiger partial charge < -0.3 is 9.64 Å². The first-order valence-corrected chi connectivity index (χ1v) is 8.77. The molecule has 1 saturated heterocycles. The Morgan fingerprint density at radius 1 is 1.44 bits per heavy atom. The molecular formula is C20H25FN2O2. The molecule has 3 rings (SSSR count). The number of likely N-dealkylation sites (tertiary alicyclic amines) is 1. The van der Waals surface area contributed by atoms with Gasteiger partial charge in [-0.2, -0.15) is 0 Å². The molecule has 1 N–H and O–H groups in total. The summed E-state index contributed by atoms with van der Waals surface area (Å²) in [5.41, 5.74) is 3.31. The molecule has 5 heteroatoms. The van der Waals surface area contributed by atoms with Gasteiger partial charge in [0.25, 0.3) is 0 Å². The number of carbonyl (C=O) groups is 1. The lowest BCUT2D eigenvalue weighted by Gasteiger charge is -2.20. The van der Waals surface area contributed by atoms with Crippen LogP contribution in [0.4, 0.5) is 9.18 Å². The summed E-state index contributed by atoms with van der Waals surface area (Å²) < 4.78 is 19.2. The second kappa shape index (κ2) is 7.83. The first kappa shape index (κ1) is 17.7. The molecule has 0 bridgehead atoms. The second-order valence-electron chi connectivity index (χ2n) is 6.96. The van der Waals surface area contributed by atoms with Crippen molar-refractivity contribution >= 4 is 11.7 Å². The van der Waals surface area contributed by atoms with Gasteiger partial charge in [0.05, 0.1) is 6.61 Å². The van der Waals surface area contributed by atoms with Gasteiger partial charge in [0.1, 0.15) is 6.17 Å². The predicted octanol–water partition coefficient (Wildman–Crippen LogP) is 3.68. The number of benzene rings is 1. The lowest BCUT2D eigenvalue weighted by molar-refractivity contribution is 0.131. The number of rotatable bonds is 4. The minimum Gasteiger partial charge on any atom is -0.449 e. The third-order valence-electron chi connectivity index (χ3n) is 4.69. The molecule has 0 saturated carbocycles. The van der Waals surface area contributed by atoms with Crippen molar-refractivity contribution in [2.45, 2.75) is 25.9 Å². The fourth-order valence-corrected chi connectivity index (χ4v) is 3.36.